The molecule has 0 fully saturated rings. The second-order valence-electron chi connectivity index (χ2n) is 3.52. The standard InChI is InChI=1S/C10H12BrF2NO/c1-10(15,5-14-2)8-7(12)4-3-6(11)9(8)13/h3-4,14-15H,5H2,1-2H3. The van der Waals surface area contributed by atoms with Crippen molar-refractivity contribution < 1.29 is 13.9 Å². The van der Waals surface area contributed by atoms with Gasteiger partial charge >= 0.3 is 0 Å². The van der Waals surface area contributed by atoms with Gasteiger partial charge in [-0.3, -0.25) is 0 Å². The zero-order chi connectivity index (χ0) is 11.6. The van der Waals surface area contributed by atoms with E-state index in [1.165, 1.54) is 13.0 Å². The van der Waals surface area contributed by atoms with Crippen molar-refractivity contribution in [2.24, 2.45) is 0 Å². The Labute approximate surface area is 95.4 Å². The highest BCUT2D eigenvalue weighted by atomic mass is 79.9. The second kappa shape index (κ2) is 4.55. The fourth-order valence-corrected chi connectivity index (χ4v) is 1.78. The monoisotopic (exact) mass is 279 g/mol. The van der Waals surface area contributed by atoms with Crippen LogP contribution in [0.15, 0.2) is 16.6 Å². The van der Waals surface area contributed by atoms with Crippen LogP contribution in [-0.4, -0.2) is 18.7 Å². The molecule has 2 N–H and O–H groups in total. The zero-order valence-electron chi connectivity index (χ0n) is 8.44. The van der Waals surface area contributed by atoms with Crippen molar-refractivity contribution >= 4 is 15.9 Å². The van der Waals surface area contributed by atoms with E-state index in [-0.39, 0.29) is 16.6 Å². The van der Waals surface area contributed by atoms with E-state index < -0.39 is 17.2 Å². The number of halogens is 3. The first-order valence-electron chi connectivity index (χ1n) is 4.41. The lowest BCUT2D eigenvalue weighted by molar-refractivity contribution is 0.0512. The zero-order valence-corrected chi connectivity index (χ0v) is 10.0. The van der Waals surface area contributed by atoms with Crippen LogP contribution in [0.4, 0.5) is 8.78 Å². The number of likely N-dealkylation sites (N-methyl/N-ethyl adjacent to an activating group) is 1. The lowest BCUT2D eigenvalue weighted by Crippen LogP contribution is -2.35. The molecule has 1 aromatic carbocycles. The molecule has 0 saturated carbocycles. The Hall–Kier alpha value is -0.520. The van der Waals surface area contributed by atoms with E-state index in [1.54, 1.807) is 7.05 Å². The molecule has 84 valence electrons. The van der Waals surface area contributed by atoms with Crippen LogP contribution in [0, 0.1) is 11.6 Å². The van der Waals surface area contributed by atoms with Crippen LogP contribution in [0.3, 0.4) is 0 Å². The summed E-state index contributed by atoms with van der Waals surface area (Å²) < 4.78 is 27.1. The van der Waals surface area contributed by atoms with E-state index >= 15 is 0 Å². The summed E-state index contributed by atoms with van der Waals surface area (Å²) in [4.78, 5) is 0. The van der Waals surface area contributed by atoms with Gasteiger partial charge in [0.15, 0.2) is 0 Å². The predicted molar refractivity (Wildman–Crippen MR) is 57.6 cm³/mol. The van der Waals surface area contributed by atoms with Crippen molar-refractivity contribution in [1.82, 2.24) is 5.32 Å². The van der Waals surface area contributed by atoms with E-state index in [4.69, 9.17) is 0 Å². The lowest BCUT2D eigenvalue weighted by atomic mass is 9.95. The molecule has 1 aromatic rings. The van der Waals surface area contributed by atoms with Gasteiger partial charge in [-0.05, 0) is 42.0 Å². The third kappa shape index (κ3) is 2.53. The van der Waals surface area contributed by atoms with Crippen molar-refractivity contribution in [3.05, 3.63) is 33.8 Å². The Kier molecular flexibility index (Phi) is 3.81. The number of nitrogens with one attached hydrogen (secondary N) is 1. The molecule has 0 aliphatic rings. The number of aliphatic hydroxyl groups is 1. The van der Waals surface area contributed by atoms with Crippen molar-refractivity contribution in [2.75, 3.05) is 13.6 Å². The predicted octanol–water partition coefficient (Wildman–Crippen LogP) is 2.15. The normalized spacial score (nSPS) is 15.1. The van der Waals surface area contributed by atoms with Gasteiger partial charge in [-0.1, -0.05) is 0 Å². The van der Waals surface area contributed by atoms with Gasteiger partial charge in [0.05, 0.1) is 10.0 Å². The van der Waals surface area contributed by atoms with Crippen molar-refractivity contribution in [2.45, 2.75) is 12.5 Å². The molecule has 1 atom stereocenters. The summed E-state index contributed by atoms with van der Waals surface area (Å²) in [5.74, 6) is -1.52. The number of hydrogen-bond donors (Lipinski definition) is 2. The van der Waals surface area contributed by atoms with Crippen molar-refractivity contribution in [3.63, 3.8) is 0 Å². The maximum absolute atomic E-state index is 13.6. The fourth-order valence-electron chi connectivity index (χ4n) is 1.45. The van der Waals surface area contributed by atoms with Crippen molar-refractivity contribution in [1.29, 1.82) is 0 Å². The van der Waals surface area contributed by atoms with Crippen LogP contribution in [-0.2, 0) is 5.60 Å². The van der Waals surface area contributed by atoms with Crippen LogP contribution in [0.5, 0.6) is 0 Å². The molecular formula is C10H12BrF2NO. The van der Waals surface area contributed by atoms with E-state index in [1.807, 2.05) is 0 Å². The summed E-state index contributed by atoms with van der Waals surface area (Å²) in [5, 5.41) is 12.6. The first-order valence-corrected chi connectivity index (χ1v) is 5.20. The average molecular weight is 280 g/mol. The molecule has 0 amide bonds. The molecule has 5 heteroatoms. The molecule has 1 unspecified atom stereocenters. The Morgan fingerprint density at radius 3 is 2.60 bits per heavy atom. The smallest absolute Gasteiger partial charge is 0.146 e. The highest BCUT2D eigenvalue weighted by Gasteiger charge is 2.30. The molecule has 15 heavy (non-hydrogen) atoms. The molecule has 0 saturated heterocycles. The van der Waals surface area contributed by atoms with E-state index in [0.717, 1.165) is 6.07 Å². The molecule has 0 aliphatic heterocycles. The molecule has 0 bridgehead atoms. The maximum atomic E-state index is 13.6. The van der Waals surface area contributed by atoms with Gasteiger partial charge in [-0.2, -0.15) is 0 Å². The maximum Gasteiger partial charge on any atom is 0.146 e. The fraction of sp³-hybridized carbons (Fsp3) is 0.400. The third-order valence-corrected chi connectivity index (χ3v) is 2.72. The van der Waals surface area contributed by atoms with Crippen LogP contribution < -0.4 is 5.32 Å². The Morgan fingerprint density at radius 2 is 2.07 bits per heavy atom. The van der Waals surface area contributed by atoms with Crippen LogP contribution in [0.2, 0.25) is 0 Å². The van der Waals surface area contributed by atoms with Gasteiger partial charge in [-0.25, -0.2) is 8.78 Å². The Balaban J connectivity index is 3.29. The van der Waals surface area contributed by atoms with Crippen LogP contribution in [0.1, 0.15) is 12.5 Å². The highest BCUT2D eigenvalue weighted by Crippen LogP contribution is 2.30. The quantitative estimate of drug-likeness (QED) is 0.832. The first kappa shape index (κ1) is 12.5. The molecule has 0 radical (unpaired) electrons. The molecule has 2 nitrogen and oxygen atoms in total. The third-order valence-electron chi connectivity index (χ3n) is 2.10. The van der Waals surface area contributed by atoms with E-state index in [0.29, 0.717) is 0 Å². The van der Waals surface area contributed by atoms with Gasteiger partial charge in [0.1, 0.15) is 17.2 Å². The summed E-state index contributed by atoms with van der Waals surface area (Å²) in [5.41, 5.74) is -1.90. The van der Waals surface area contributed by atoms with Gasteiger partial charge < -0.3 is 10.4 Å². The lowest BCUT2D eigenvalue weighted by Gasteiger charge is -2.24. The van der Waals surface area contributed by atoms with Gasteiger partial charge in [-0.15, -0.1) is 0 Å². The molecule has 1 rings (SSSR count). The van der Waals surface area contributed by atoms with Gasteiger partial charge in [0.2, 0.25) is 0 Å². The Morgan fingerprint density at radius 1 is 1.47 bits per heavy atom. The number of hydrogen-bond acceptors (Lipinski definition) is 2. The van der Waals surface area contributed by atoms with Crippen LogP contribution in [0.25, 0.3) is 0 Å². The van der Waals surface area contributed by atoms with Gasteiger partial charge in [0, 0.05) is 6.54 Å². The molecule has 0 aliphatic carbocycles. The number of benzene rings is 1. The summed E-state index contributed by atoms with van der Waals surface area (Å²) in [7, 11) is 1.60. The SMILES string of the molecule is CNCC(C)(O)c1c(F)ccc(Br)c1F. The average Bonchev–Trinajstić information content (AvgIpc) is 2.11. The number of rotatable bonds is 3. The van der Waals surface area contributed by atoms with E-state index in [9.17, 15) is 13.9 Å². The summed E-state index contributed by atoms with van der Waals surface area (Å²) in [6.07, 6.45) is 0. The summed E-state index contributed by atoms with van der Waals surface area (Å²) in [6, 6.07) is 2.39. The molecule has 0 aromatic heterocycles. The minimum absolute atomic E-state index is 0.0668. The van der Waals surface area contributed by atoms with Crippen molar-refractivity contribution in [3.8, 4) is 0 Å². The molecule has 0 spiro atoms. The summed E-state index contributed by atoms with van der Waals surface area (Å²) in [6.45, 7) is 1.43. The minimum Gasteiger partial charge on any atom is -0.384 e. The largest absolute Gasteiger partial charge is 0.384 e. The second-order valence-corrected chi connectivity index (χ2v) is 4.38. The van der Waals surface area contributed by atoms with Gasteiger partial charge in [0.25, 0.3) is 0 Å². The van der Waals surface area contributed by atoms with E-state index in [2.05, 4.69) is 21.2 Å². The molecule has 0 heterocycles. The Bertz CT molecular complexity index is 369. The topological polar surface area (TPSA) is 32.3 Å². The first-order chi connectivity index (χ1) is 6.90. The summed E-state index contributed by atoms with van der Waals surface area (Å²) >= 11 is 2.95. The molecular weight excluding hydrogens is 268 g/mol. The van der Waals surface area contributed by atoms with Crippen LogP contribution >= 0.6 is 15.9 Å². The minimum atomic E-state index is -1.58. The highest BCUT2D eigenvalue weighted by molar-refractivity contribution is 9.10.